The van der Waals surface area contributed by atoms with Crippen molar-refractivity contribution in [3.05, 3.63) is 50.5 Å². The summed E-state index contributed by atoms with van der Waals surface area (Å²) >= 11 is 3.44. The molecule has 0 heterocycles. The van der Waals surface area contributed by atoms with Crippen molar-refractivity contribution < 1.29 is 23.9 Å². The number of anilines is 1. The van der Waals surface area contributed by atoms with Crippen LogP contribution < -0.4 is 19.5 Å². The average molecular weight is 439 g/mol. The van der Waals surface area contributed by atoms with Crippen LogP contribution in [0.5, 0.6) is 17.2 Å². The summed E-state index contributed by atoms with van der Waals surface area (Å²) in [6.45, 7) is 0. The van der Waals surface area contributed by atoms with E-state index in [0.717, 1.165) is 10.0 Å². The predicted molar refractivity (Wildman–Crippen MR) is 104 cm³/mol. The lowest BCUT2D eigenvalue weighted by Crippen LogP contribution is -2.13. The molecule has 0 saturated carbocycles. The molecule has 0 atom stereocenters. The maximum absolute atomic E-state index is 12.3. The molecule has 0 radical (unpaired) electrons. The molecule has 1 amide bonds. The molecule has 8 nitrogen and oxygen atoms in total. The fraction of sp³-hybridized carbons (Fsp3) is 0.278. The topological polar surface area (TPSA) is 99.9 Å². The Morgan fingerprint density at radius 3 is 2.37 bits per heavy atom. The van der Waals surface area contributed by atoms with E-state index in [1.54, 1.807) is 25.3 Å². The Balaban J connectivity index is 2.10. The van der Waals surface area contributed by atoms with Crippen LogP contribution in [0.25, 0.3) is 0 Å². The minimum absolute atomic E-state index is 0.122. The highest BCUT2D eigenvalue weighted by atomic mass is 79.9. The van der Waals surface area contributed by atoms with Crippen LogP contribution in [0.2, 0.25) is 0 Å². The van der Waals surface area contributed by atoms with E-state index < -0.39 is 4.92 Å². The van der Waals surface area contributed by atoms with Crippen LogP contribution >= 0.6 is 15.9 Å². The molecular weight excluding hydrogens is 420 g/mol. The maximum Gasteiger partial charge on any atom is 0.296 e. The Hall–Kier alpha value is -2.81. The van der Waals surface area contributed by atoms with Gasteiger partial charge in [0.05, 0.1) is 32.3 Å². The Labute approximate surface area is 164 Å². The number of carbonyl (C=O) groups excluding carboxylic acids is 1. The van der Waals surface area contributed by atoms with E-state index in [9.17, 15) is 14.9 Å². The summed E-state index contributed by atoms with van der Waals surface area (Å²) in [5, 5.41) is 13.8. The predicted octanol–water partition coefficient (Wildman–Crippen LogP) is 3.95. The highest BCUT2D eigenvalue weighted by Crippen LogP contribution is 2.34. The molecule has 0 unspecified atom stereocenters. The molecule has 9 heteroatoms. The molecule has 0 aliphatic carbocycles. The quantitative estimate of drug-likeness (QED) is 0.494. The minimum Gasteiger partial charge on any atom is -0.496 e. The van der Waals surface area contributed by atoms with Crippen molar-refractivity contribution in [2.24, 2.45) is 0 Å². The second-order valence-corrected chi connectivity index (χ2v) is 6.34. The van der Waals surface area contributed by atoms with Crippen LogP contribution in [-0.2, 0) is 11.2 Å². The Bertz CT molecular complexity index is 856. The first-order chi connectivity index (χ1) is 12.9. The third kappa shape index (κ3) is 5.10. The number of nitro benzene ring substituents is 1. The molecule has 0 aromatic heterocycles. The molecule has 2 aromatic carbocycles. The molecule has 0 aliphatic heterocycles. The van der Waals surface area contributed by atoms with Crippen molar-refractivity contribution in [3.63, 3.8) is 0 Å². The number of hydrogen-bond donors (Lipinski definition) is 1. The zero-order valence-corrected chi connectivity index (χ0v) is 16.7. The van der Waals surface area contributed by atoms with Gasteiger partial charge in [-0.15, -0.1) is 0 Å². The molecular formula is C18H19BrN2O6. The molecule has 0 aliphatic rings. The standard InChI is InChI=1S/C18H19BrN2O6/c1-25-12-5-6-14(15(9-12)21(23)24)20-18(22)7-4-11-8-16(26-2)17(27-3)10-13(11)19/h5-6,8-10H,4,7H2,1-3H3,(H,20,22). The van der Waals surface area contributed by atoms with Crippen molar-refractivity contribution in [1.29, 1.82) is 0 Å². The molecule has 0 spiro atoms. The number of nitro groups is 1. The highest BCUT2D eigenvalue weighted by Gasteiger charge is 2.18. The lowest BCUT2D eigenvalue weighted by molar-refractivity contribution is -0.384. The van der Waals surface area contributed by atoms with E-state index in [1.807, 2.05) is 0 Å². The van der Waals surface area contributed by atoms with Crippen LogP contribution in [-0.4, -0.2) is 32.2 Å². The summed E-state index contributed by atoms with van der Waals surface area (Å²) in [6, 6.07) is 7.81. The van der Waals surface area contributed by atoms with Gasteiger partial charge in [0.2, 0.25) is 5.91 Å². The Morgan fingerprint density at radius 2 is 1.78 bits per heavy atom. The SMILES string of the molecule is COc1ccc(NC(=O)CCc2cc(OC)c(OC)cc2Br)c([N+](=O)[O-])c1. The van der Waals surface area contributed by atoms with Crippen LogP contribution in [0, 0.1) is 10.1 Å². The summed E-state index contributed by atoms with van der Waals surface area (Å²) < 4.78 is 16.2. The van der Waals surface area contributed by atoms with Crippen molar-refractivity contribution in [2.45, 2.75) is 12.8 Å². The van der Waals surface area contributed by atoms with Crippen molar-refractivity contribution in [3.8, 4) is 17.2 Å². The van der Waals surface area contributed by atoms with E-state index in [4.69, 9.17) is 14.2 Å². The zero-order valence-electron chi connectivity index (χ0n) is 15.1. The van der Waals surface area contributed by atoms with E-state index in [0.29, 0.717) is 23.7 Å². The first kappa shape index (κ1) is 20.5. The number of carbonyl (C=O) groups is 1. The first-order valence-electron chi connectivity index (χ1n) is 7.92. The van der Waals surface area contributed by atoms with Gasteiger partial charge in [-0.3, -0.25) is 14.9 Å². The van der Waals surface area contributed by atoms with E-state index in [2.05, 4.69) is 21.2 Å². The van der Waals surface area contributed by atoms with Gasteiger partial charge >= 0.3 is 0 Å². The second-order valence-electron chi connectivity index (χ2n) is 5.49. The fourth-order valence-electron chi connectivity index (χ4n) is 2.44. The van der Waals surface area contributed by atoms with Crippen LogP contribution in [0.1, 0.15) is 12.0 Å². The summed E-state index contributed by atoms with van der Waals surface area (Å²) in [5.41, 5.74) is 0.749. The normalized spacial score (nSPS) is 10.2. The largest absolute Gasteiger partial charge is 0.496 e. The number of ether oxygens (including phenoxy) is 3. The molecule has 2 rings (SSSR count). The first-order valence-corrected chi connectivity index (χ1v) is 8.71. The van der Waals surface area contributed by atoms with Crippen LogP contribution in [0.4, 0.5) is 11.4 Å². The molecule has 0 fully saturated rings. The smallest absolute Gasteiger partial charge is 0.296 e. The van der Waals surface area contributed by atoms with Crippen LogP contribution in [0.15, 0.2) is 34.8 Å². The molecule has 0 saturated heterocycles. The van der Waals surface area contributed by atoms with Crippen molar-refractivity contribution in [1.82, 2.24) is 0 Å². The number of benzene rings is 2. The summed E-state index contributed by atoms with van der Waals surface area (Å²) in [6.07, 6.45) is 0.550. The number of nitrogens with zero attached hydrogens (tertiary/aromatic N) is 1. The van der Waals surface area contributed by atoms with E-state index in [1.165, 1.54) is 26.4 Å². The number of halogens is 1. The Morgan fingerprint density at radius 1 is 1.11 bits per heavy atom. The highest BCUT2D eigenvalue weighted by molar-refractivity contribution is 9.10. The van der Waals surface area contributed by atoms with Gasteiger partial charge in [-0.2, -0.15) is 0 Å². The fourth-order valence-corrected chi connectivity index (χ4v) is 2.96. The summed E-state index contributed by atoms with van der Waals surface area (Å²) in [5.74, 6) is 1.13. The maximum atomic E-state index is 12.3. The minimum atomic E-state index is -0.566. The molecule has 27 heavy (non-hydrogen) atoms. The number of methoxy groups -OCH3 is 3. The van der Waals surface area contributed by atoms with Gasteiger partial charge < -0.3 is 19.5 Å². The number of hydrogen-bond acceptors (Lipinski definition) is 6. The second kappa shape index (κ2) is 9.22. The van der Waals surface area contributed by atoms with Gasteiger partial charge in [0, 0.05) is 10.9 Å². The summed E-state index contributed by atoms with van der Waals surface area (Å²) in [7, 11) is 4.49. The lowest BCUT2D eigenvalue weighted by Gasteiger charge is -2.12. The zero-order chi connectivity index (χ0) is 20.0. The Kier molecular flexibility index (Phi) is 7.00. The molecule has 144 valence electrons. The van der Waals surface area contributed by atoms with E-state index >= 15 is 0 Å². The van der Waals surface area contributed by atoms with Gasteiger partial charge in [-0.1, -0.05) is 15.9 Å². The third-order valence-electron chi connectivity index (χ3n) is 3.85. The third-order valence-corrected chi connectivity index (χ3v) is 4.59. The van der Waals surface area contributed by atoms with Crippen molar-refractivity contribution >= 4 is 33.2 Å². The average Bonchev–Trinajstić information content (AvgIpc) is 2.66. The van der Waals surface area contributed by atoms with Crippen molar-refractivity contribution in [2.75, 3.05) is 26.6 Å². The number of amides is 1. The van der Waals surface area contributed by atoms with Gasteiger partial charge in [0.25, 0.3) is 5.69 Å². The monoisotopic (exact) mass is 438 g/mol. The van der Waals surface area contributed by atoms with E-state index in [-0.39, 0.29) is 23.7 Å². The number of rotatable bonds is 8. The van der Waals surface area contributed by atoms with Crippen LogP contribution in [0.3, 0.4) is 0 Å². The number of aryl methyl sites for hydroxylation is 1. The molecule has 1 N–H and O–H groups in total. The lowest BCUT2D eigenvalue weighted by atomic mass is 10.1. The molecule has 0 bridgehead atoms. The molecule has 2 aromatic rings. The summed E-state index contributed by atoms with van der Waals surface area (Å²) in [4.78, 5) is 22.9. The van der Waals surface area contributed by atoms with Gasteiger partial charge in [-0.05, 0) is 36.2 Å². The van der Waals surface area contributed by atoms with Gasteiger partial charge in [0.15, 0.2) is 11.5 Å². The number of nitrogens with one attached hydrogen (secondary N) is 1. The van der Waals surface area contributed by atoms with Gasteiger partial charge in [-0.25, -0.2) is 0 Å². The van der Waals surface area contributed by atoms with Gasteiger partial charge in [0.1, 0.15) is 11.4 Å².